The van der Waals surface area contributed by atoms with Gasteiger partial charge >= 0.3 is 6.09 Å². The highest BCUT2D eigenvalue weighted by Gasteiger charge is 2.20. The lowest BCUT2D eigenvalue weighted by Crippen LogP contribution is -2.45. The summed E-state index contributed by atoms with van der Waals surface area (Å²) in [6.45, 7) is 3.03. The van der Waals surface area contributed by atoms with Gasteiger partial charge in [-0.25, -0.2) is 14.1 Å². The molecule has 6 nitrogen and oxygen atoms in total. The molecular formula is C10H13ClN4O2S. The molecule has 0 unspecified atom stereocenters. The Kier molecular flexibility index (Phi) is 4.51. The molecule has 2 rings (SSSR count). The van der Waals surface area contributed by atoms with Gasteiger partial charge in [0, 0.05) is 44.5 Å². The summed E-state index contributed by atoms with van der Waals surface area (Å²) in [6, 6.07) is 3.62. The van der Waals surface area contributed by atoms with E-state index in [2.05, 4.69) is 14.6 Å². The summed E-state index contributed by atoms with van der Waals surface area (Å²) in [5.74, 6) is 0.787. The number of nitrogens with one attached hydrogen (secondary N) is 1. The maximum Gasteiger partial charge on any atom is 0.415 e. The zero-order valence-corrected chi connectivity index (χ0v) is 11.1. The number of piperazine rings is 1. The highest BCUT2D eigenvalue weighted by molar-refractivity contribution is 7.95. The number of halogens is 1. The Labute approximate surface area is 114 Å². The molecule has 1 amide bonds. The van der Waals surface area contributed by atoms with Crippen molar-refractivity contribution in [2.24, 2.45) is 0 Å². The normalized spacial score (nSPS) is 16.6. The number of carboxylic acid groups (broad SMARTS) is 1. The van der Waals surface area contributed by atoms with Crippen LogP contribution in [0.4, 0.5) is 10.6 Å². The number of anilines is 1. The maximum atomic E-state index is 10.4. The summed E-state index contributed by atoms with van der Waals surface area (Å²) in [4.78, 5) is 16.7. The minimum absolute atomic E-state index is 0.641. The van der Waals surface area contributed by atoms with Crippen LogP contribution in [0.15, 0.2) is 18.3 Å². The van der Waals surface area contributed by atoms with E-state index in [1.54, 1.807) is 12.3 Å². The van der Waals surface area contributed by atoms with E-state index in [-0.39, 0.29) is 0 Å². The Bertz CT molecular complexity index is 426. The van der Waals surface area contributed by atoms with E-state index in [9.17, 15) is 4.79 Å². The van der Waals surface area contributed by atoms with Crippen molar-refractivity contribution in [1.29, 1.82) is 0 Å². The third kappa shape index (κ3) is 3.41. The first kappa shape index (κ1) is 13.3. The molecule has 2 N–H and O–H groups in total. The SMILES string of the molecule is O=C(O)NSN1CCN(c2ncccc2Cl)CC1. The molecule has 1 aliphatic rings. The van der Waals surface area contributed by atoms with Gasteiger partial charge in [-0.2, -0.15) is 0 Å². The average Bonchev–Trinajstić information content (AvgIpc) is 2.38. The number of carbonyl (C=O) groups is 1. The molecule has 0 aliphatic carbocycles. The molecule has 2 heterocycles. The van der Waals surface area contributed by atoms with Crippen LogP contribution >= 0.6 is 23.7 Å². The van der Waals surface area contributed by atoms with E-state index in [1.165, 1.54) is 0 Å². The van der Waals surface area contributed by atoms with Gasteiger partial charge in [0.05, 0.1) is 5.02 Å². The third-order valence-corrected chi connectivity index (χ3v) is 3.72. The van der Waals surface area contributed by atoms with Gasteiger partial charge in [-0.1, -0.05) is 11.6 Å². The van der Waals surface area contributed by atoms with Gasteiger partial charge in [-0.05, 0) is 12.1 Å². The minimum atomic E-state index is -1.03. The molecular weight excluding hydrogens is 276 g/mol. The van der Waals surface area contributed by atoms with Crippen LogP contribution in [0.5, 0.6) is 0 Å². The Hall–Kier alpha value is -1.18. The second kappa shape index (κ2) is 6.12. The highest BCUT2D eigenvalue weighted by atomic mass is 35.5. The molecule has 0 atom stereocenters. The van der Waals surface area contributed by atoms with Crippen molar-refractivity contribution in [2.75, 3.05) is 31.1 Å². The van der Waals surface area contributed by atoms with Crippen LogP contribution in [0, 0.1) is 0 Å². The second-order valence-corrected chi connectivity index (χ2v) is 5.03. The number of pyridine rings is 1. The van der Waals surface area contributed by atoms with Crippen LogP contribution in [0.25, 0.3) is 0 Å². The molecule has 1 aromatic rings. The van der Waals surface area contributed by atoms with Gasteiger partial charge in [0.25, 0.3) is 0 Å². The zero-order valence-electron chi connectivity index (χ0n) is 9.54. The first-order valence-electron chi connectivity index (χ1n) is 5.43. The monoisotopic (exact) mass is 288 g/mol. The molecule has 1 aromatic heterocycles. The van der Waals surface area contributed by atoms with E-state index >= 15 is 0 Å². The van der Waals surface area contributed by atoms with Crippen molar-refractivity contribution in [1.82, 2.24) is 14.0 Å². The van der Waals surface area contributed by atoms with Crippen LogP contribution in [0.2, 0.25) is 5.02 Å². The summed E-state index contributed by atoms with van der Waals surface area (Å²) in [5.41, 5.74) is 0. The predicted octanol–water partition coefficient (Wildman–Crippen LogP) is 1.69. The number of aromatic nitrogens is 1. The molecule has 0 radical (unpaired) electrons. The molecule has 8 heteroatoms. The van der Waals surface area contributed by atoms with Crippen molar-refractivity contribution < 1.29 is 9.90 Å². The van der Waals surface area contributed by atoms with Crippen molar-refractivity contribution in [3.63, 3.8) is 0 Å². The lowest BCUT2D eigenvalue weighted by atomic mass is 10.3. The molecule has 0 bridgehead atoms. The van der Waals surface area contributed by atoms with Gasteiger partial charge in [-0.3, -0.25) is 4.72 Å². The van der Waals surface area contributed by atoms with Gasteiger partial charge in [0.15, 0.2) is 0 Å². The van der Waals surface area contributed by atoms with E-state index in [4.69, 9.17) is 16.7 Å². The van der Waals surface area contributed by atoms with Crippen molar-refractivity contribution in [3.8, 4) is 0 Å². The Morgan fingerprint density at radius 2 is 2.17 bits per heavy atom. The second-order valence-electron chi connectivity index (χ2n) is 3.72. The highest BCUT2D eigenvalue weighted by Crippen LogP contribution is 2.24. The van der Waals surface area contributed by atoms with E-state index in [0.717, 1.165) is 44.1 Å². The molecule has 18 heavy (non-hydrogen) atoms. The summed E-state index contributed by atoms with van der Waals surface area (Å²) >= 11 is 7.19. The zero-order chi connectivity index (χ0) is 13.0. The number of hydrogen-bond donors (Lipinski definition) is 2. The lowest BCUT2D eigenvalue weighted by Gasteiger charge is -2.34. The number of nitrogens with zero attached hydrogens (tertiary/aromatic N) is 3. The molecule has 1 aliphatic heterocycles. The number of rotatable bonds is 3. The summed E-state index contributed by atoms with van der Waals surface area (Å²) in [5, 5.41) is 9.16. The molecule has 0 saturated carbocycles. The van der Waals surface area contributed by atoms with Crippen molar-refractivity contribution in [3.05, 3.63) is 23.4 Å². The molecule has 0 spiro atoms. The van der Waals surface area contributed by atoms with Crippen LogP contribution in [0.3, 0.4) is 0 Å². The fourth-order valence-corrected chi connectivity index (χ4v) is 2.50. The van der Waals surface area contributed by atoms with E-state index < -0.39 is 6.09 Å². The number of hydrogen-bond acceptors (Lipinski definition) is 5. The average molecular weight is 289 g/mol. The molecule has 1 fully saturated rings. The van der Waals surface area contributed by atoms with E-state index in [0.29, 0.717) is 5.02 Å². The van der Waals surface area contributed by atoms with Gasteiger partial charge < -0.3 is 10.0 Å². The van der Waals surface area contributed by atoms with Crippen LogP contribution in [0.1, 0.15) is 0 Å². The topological polar surface area (TPSA) is 68.7 Å². The smallest absolute Gasteiger partial charge is 0.415 e. The maximum absolute atomic E-state index is 10.4. The Morgan fingerprint density at radius 3 is 2.78 bits per heavy atom. The van der Waals surface area contributed by atoms with Crippen LogP contribution < -0.4 is 9.62 Å². The standard InChI is InChI=1S/C10H13ClN4O2S/c11-8-2-1-3-12-9(8)14-4-6-15(7-5-14)18-13-10(16)17/h1-3,13H,4-7H2,(H,16,17). The fourth-order valence-electron chi connectivity index (χ4n) is 1.70. The number of amides is 1. The largest absolute Gasteiger partial charge is 0.464 e. The third-order valence-electron chi connectivity index (χ3n) is 2.54. The predicted molar refractivity (Wildman–Crippen MR) is 71.8 cm³/mol. The van der Waals surface area contributed by atoms with Crippen LogP contribution in [-0.4, -0.2) is 46.7 Å². The fraction of sp³-hybridized carbons (Fsp3) is 0.400. The molecule has 1 saturated heterocycles. The van der Waals surface area contributed by atoms with E-state index in [1.807, 2.05) is 10.4 Å². The quantitative estimate of drug-likeness (QED) is 0.825. The van der Waals surface area contributed by atoms with Gasteiger partial charge in [0.2, 0.25) is 0 Å². The summed E-state index contributed by atoms with van der Waals surface area (Å²) in [7, 11) is 0. The minimum Gasteiger partial charge on any atom is -0.464 e. The van der Waals surface area contributed by atoms with Gasteiger partial charge in [-0.15, -0.1) is 0 Å². The summed E-state index contributed by atoms with van der Waals surface area (Å²) < 4.78 is 4.24. The summed E-state index contributed by atoms with van der Waals surface area (Å²) in [6.07, 6.45) is 0.684. The lowest BCUT2D eigenvalue weighted by molar-refractivity contribution is 0.201. The molecule has 98 valence electrons. The Balaban J connectivity index is 1.87. The first-order valence-corrected chi connectivity index (χ1v) is 6.58. The molecule has 0 aromatic carbocycles. The first-order chi connectivity index (χ1) is 8.66. The van der Waals surface area contributed by atoms with Gasteiger partial charge in [0.1, 0.15) is 5.82 Å². The van der Waals surface area contributed by atoms with Crippen molar-refractivity contribution in [2.45, 2.75) is 0 Å². The van der Waals surface area contributed by atoms with Crippen LogP contribution in [-0.2, 0) is 0 Å². The van der Waals surface area contributed by atoms with Crippen molar-refractivity contribution >= 4 is 35.6 Å². The Morgan fingerprint density at radius 1 is 1.44 bits per heavy atom.